The van der Waals surface area contributed by atoms with E-state index in [2.05, 4.69) is 0 Å². The second-order valence-corrected chi connectivity index (χ2v) is 2.47. The third-order valence-corrected chi connectivity index (χ3v) is 1.59. The SMILES string of the molecule is O=Cc1c(C(F)(F)F)ccc(F)c1O. The number of halogens is 4. The van der Waals surface area contributed by atoms with Gasteiger partial charge in [0.2, 0.25) is 0 Å². The predicted molar refractivity (Wildman–Crippen MR) is 38.5 cm³/mol. The van der Waals surface area contributed by atoms with Crippen molar-refractivity contribution in [3.05, 3.63) is 29.1 Å². The smallest absolute Gasteiger partial charge is 0.417 e. The van der Waals surface area contributed by atoms with Crippen molar-refractivity contribution in [2.75, 3.05) is 0 Å². The van der Waals surface area contributed by atoms with Crippen molar-refractivity contribution in [3.63, 3.8) is 0 Å². The van der Waals surface area contributed by atoms with Gasteiger partial charge >= 0.3 is 6.18 Å². The summed E-state index contributed by atoms with van der Waals surface area (Å²) in [4.78, 5) is 10.2. The Bertz CT molecular complexity index is 370. The van der Waals surface area contributed by atoms with E-state index < -0.39 is 28.9 Å². The van der Waals surface area contributed by atoms with Gasteiger partial charge in [-0.3, -0.25) is 4.79 Å². The Hall–Kier alpha value is -1.59. The van der Waals surface area contributed by atoms with Crippen LogP contribution in [-0.2, 0) is 6.18 Å². The Kier molecular flexibility index (Phi) is 2.46. The summed E-state index contributed by atoms with van der Waals surface area (Å²) in [5.74, 6) is -2.55. The van der Waals surface area contributed by atoms with Gasteiger partial charge in [-0.25, -0.2) is 4.39 Å². The molecule has 0 fully saturated rings. The normalized spacial score (nSPS) is 11.4. The molecule has 1 N–H and O–H groups in total. The quantitative estimate of drug-likeness (QED) is 0.568. The van der Waals surface area contributed by atoms with E-state index in [0.29, 0.717) is 12.1 Å². The minimum Gasteiger partial charge on any atom is -0.504 e. The Morgan fingerprint density at radius 1 is 1.29 bits per heavy atom. The van der Waals surface area contributed by atoms with E-state index in [1.807, 2.05) is 0 Å². The molecule has 1 rings (SSSR count). The van der Waals surface area contributed by atoms with Crippen LogP contribution < -0.4 is 0 Å². The molecule has 1 aromatic carbocycles. The number of phenols is 1. The van der Waals surface area contributed by atoms with Gasteiger partial charge in [-0.05, 0) is 12.1 Å². The Labute approximate surface area is 75.8 Å². The van der Waals surface area contributed by atoms with E-state index in [9.17, 15) is 22.4 Å². The molecular weight excluding hydrogens is 204 g/mol. The molecule has 0 saturated heterocycles. The highest BCUT2D eigenvalue weighted by molar-refractivity contribution is 5.82. The minimum absolute atomic E-state index is 0.235. The van der Waals surface area contributed by atoms with Gasteiger partial charge in [0.05, 0.1) is 11.1 Å². The molecular formula is C8H4F4O2. The number of aromatic hydroxyl groups is 1. The van der Waals surface area contributed by atoms with E-state index in [4.69, 9.17) is 5.11 Å². The number of carbonyl (C=O) groups excluding carboxylic acids is 1. The third-order valence-electron chi connectivity index (χ3n) is 1.59. The Morgan fingerprint density at radius 2 is 1.86 bits per heavy atom. The van der Waals surface area contributed by atoms with Gasteiger partial charge in [0, 0.05) is 0 Å². The standard InChI is InChI=1S/C8H4F4O2/c9-6-2-1-5(8(10,11)12)4(3-13)7(6)14/h1-3,14H. The lowest BCUT2D eigenvalue weighted by molar-refractivity contribution is -0.138. The first kappa shape index (κ1) is 10.5. The fourth-order valence-electron chi connectivity index (χ4n) is 0.948. The van der Waals surface area contributed by atoms with Crippen molar-refractivity contribution in [1.82, 2.24) is 0 Å². The molecule has 2 nitrogen and oxygen atoms in total. The molecule has 0 aliphatic carbocycles. The average Bonchev–Trinajstić information content (AvgIpc) is 2.07. The molecule has 6 heteroatoms. The van der Waals surface area contributed by atoms with Crippen molar-refractivity contribution < 1.29 is 27.5 Å². The van der Waals surface area contributed by atoms with Crippen LogP contribution >= 0.6 is 0 Å². The molecule has 0 amide bonds. The van der Waals surface area contributed by atoms with Gasteiger partial charge in [-0.2, -0.15) is 13.2 Å². The molecule has 0 aliphatic heterocycles. The fourth-order valence-corrected chi connectivity index (χ4v) is 0.948. The van der Waals surface area contributed by atoms with E-state index >= 15 is 0 Å². The number of phenolic OH excluding ortho intramolecular Hbond substituents is 1. The van der Waals surface area contributed by atoms with Crippen LogP contribution in [-0.4, -0.2) is 11.4 Å². The lowest BCUT2D eigenvalue weighted by Crippen LogP contribution is -2.09. The zero-order valence-corrected chi connectivity index (χ0v) is 6.60. The second kappa shape index (κ2) is 3.28. The van der Waals surface area contributed by atoms with E-state index in [0.717, 1.165) is 0 Å². The summed E-state index contributed by atoms with van der Waals surface area (Å²) in [5, 5.41) is 8.84. The van der Waals surface area contributed by atoms with Crippen LogP contribution in [0.5, 0.6) is 5.75 Å². The summed E-state index contributed by atoms with van der Waals surface area (Å²) < 4.78 is 49.0. The Balaban J connectivity index is 3.47. The molecule has 1 aromatic rings. The molecule has 0 bridgehead atoms. The van der Waals surface area contributed by atoms with Crippen LogP contribution in [0.4, 0.5) is 17.6 Å². The zero-order chi connectivity index (χ0) is 10.9. The lowest BCUT2D eigenvalue weighted by atomic mass is 10.1. The summed E-state index contributed by atoms with van der Waals surface area (Å²) in [5.41, 5.74) is -2.44. The molecule has 0 aromatic heterocycles. The Morgan fingerprint density at radius 3 is 2.29 bits per heavy atom. The number of aldehydes is 1. The molecule has 0 heterocycles. The predicted octanol–water partition coefficient (Wildman–Crippen LogP) is 2.36. The van der Waals surface area contributed by atoms with Crippen molar-refractivity contribution in [2.45, 2.75) is 6.18 Å². The van der Waals surface area contributed by atoms with E-state index in [1.165, 1.54) is 0 Å². The second-order valence-electron chi connectivity index (χ2n) is 2.47. The van der Waals surface area contributed by atoms with Crippen LogP contribution in [0.15, 0.2) is 12.1 Å². The van der Waals surface area contributed by atoms with Crippen molar-refractivity contribution >= 4 is 6.29 Å². The van der Waals surface area contributed by atoms with Gasteiger partial charge < -0.3 is 5.11 Å². The van der Waals surface area contributed by atoms with E-state index in [-0.39, 0.29) is 6.29 Å². The topological polar surface area (TPSA) is 37.3 Å². The van der Waals surface area contributed by atoms with E-state index in [1.54, 1.807) is 0 Å². The maximum absolute atomic E-state index is 12.6. The maximum Gasteiger partial charge on any atom is 0.417 e. The maximum atomic E-state index is 12.6. The van der Waals surface area contributed by atoms with Crippen LogP contribution in [0.25, 0.3) is 0 Å². The molecule has 0 atom stereocenters. The van der Waals surface area contributed by atoms with Gasteiger partial charge in [0.25, 0.3) is 0 Å². The number of alkyl halides is 3. The first-order chi connectivity index (χ1) is 6.38. The first-order valence-electron chi connectivity index (χ1n) is 3.41. The number of hydrogen-bond acceptors (Lipinski definition) is 2. The largest absolute Gasteiger partial charge is 0.504 e. The number of carbonyl (C=O) groups is 1. The van der Waals surface area contributed by atoms with Crippen LogP contribution in [0.3, 0.4) is 0 Å². The third kappa shape index (κ3) is 1.68. The lowest BCUT2D eigenvalue weighted by Gasteiger charge is -2.10. The van der Waals surface area contributed by atoms with Gasteiger partial charge in [0.1, 0.15) is 0 Å². The monoisotopic (exact) mass is 208 g/mol. The van der Waals surface area contributed by atoms with Crippen LogP contribution in [0.2, 0.25) is 0 Å². The highest BCUT2D eigenvalue weighted by atomic mass is 19.4. The summed E-state index contributed by atoms with van der Waals surface area (Å²) in [6.07, 6.45) is -5.03. The average molecular weight is 208 g/mol. The molecule has 0 unspecified atom stereocenters. The van der Waals surface area contributed by atoms with Gasteiger partial charge in [-0.1, -0.05) is 0 Å². The molecule has 76 valence electrons. The molecule has 0 aliphatic rings. The van der Waals surface area contributed by atoms with Crippen molar-refractivity contribution in [2.24, 2.45) is 0 Å². The van der Waals surface area contributed by atoms with Crippen LogP contribution in [0.1, 0.15) is 15.9 Å². The first-order valence-corrected chi connectivity index (χ1v) is 3.41. The molecule has 14 heavy (non-hydrogen) atoms. The summed E-state index contributed by atoms with van der Waals surface area (Å²) in [6, 6.07) is 0.851. The minimum atomic E-state index is -4.79. The zero-order valence-electron chi connectivity index (χ0n) is 6.60. The van der Waals surface area contributed by atoms with Crippen LogP contribution in [0, 0.1) is 5.82 Å². The fraction of sp³-hybridized carbons (Fsp3) is 0.125. The summed E-state index contributed by atoms with van der Waals surface area (Å²) in [6.45, 7) is 0. The number of hydrogen-bond donors (Lipinski definition) is 1. The van der Waals surface area contributed by atoms with Crippen molar-refractivity contribution in [3.8, 4) is 5.75 Å². The van der Waals surface area contributed by atoms with Gasteiger partial charge in [-0.15, -0.1) is 0 Å². The highest BCUT2D eigenvalue weighted by Gasteiger charge is 2.35. The van der Waals surface area contributed by atoms with Gasteiger partial charge in [0.15, 0.2) is 17.9 Å². The molecule has 0 spiro atoms. The number of benzene rings is 1. The number of rotatable bonds is 1. The highest BCUT2D eigenvalue weighted by Crippen LogP contribution is 2.35. The van der Waals surface area contributed by atoms with Crippen molar-refractivity contribution in [1.29, 1.82) is 0 Å². The summed E-state index contributed by atoms with van der Waals surface area (Å²) >= 11 is 0. The molecule has 0 saturated carbocycles. The molecule has 0 radical (unpaired) electrons. The summed E-state index contributed by atoms with van der Waals surface area (Å²) in [7, 11) is 0.